The van der Waals surface area contributed by atoms with Crippen molar-refractivity contribution in [3.05, 3.63) is 29.8 Å². The Morgan fingerprint density at radius 3 is 2.42 bits per heavy atom. The average molecular weight is 273 g/mol. The molecule has 0 radical (unpaired) electrons. The molecule has 1 unspecified atom stereocenters. The van der Waals surface area contributed by atoms with E-state index in [9.17, 15) is 13.6 Å². The molecule has 0 aliphatic heterocycles. The largest absolute Gasteiger partial charge is 0.493 e. The Bertz CT molecular complexity index is 433. The van der Waals surface area contributed by atoms with E-state index in [0.29, 0.717) is 12.8 Å². The first kappa shape index (κ1) is 15.4. The third-order valence-corrected chi connectivity index (χ3v) is 2.93. The van der Waals surface area contributed by atoms with Gasteiger partial charge in [0.2, 0.25) is 0 Å². The van der Waals surface area contributed by atoms with Gasteiger partial charge in [0, 0.05) is 18.2 Å². The summed E-state index contributed by atoms with van der Waals surface area (Å²) in [6.07, 6.45) is 0.919. The molecule has 0 aromatic heterocycles. The van der Waals surface area contributed by atoms with Crippen LogP contribution >= 0.6 is 0 Å². The lowest BCUT2D eigenvalue weighted by Gasteiger charge is -2.22. The summed E-state index contributed by atoms with van der Waals surface area (Å²) in [6.45, 7) is 1.84. The molecule has 106 valence electrons. The van der Waals surface area contributed by atoms with Gasteiger partial charge < -0.3 is 15.6 Å². The van der Waals surface area contributed by atoms with Crippen LogP contribution in [0.1, 0.15) is 26.2 Å². The normalized spacial score (nSPS) is 13.9. The van der Waals surface area contributed by atoms with Crippen LogP contribution in [-0.2, 0) is 4.79 Å². The van der Waals surface area contributed by atoms with Gasteiger partial charge in [0.05, 0.1) is 6.61 Å². The second-order valence-corrected chi connectivity index (χ2v) is 4.37. The molecule has 3 N–H and O–H groups in total. The lowest BCUT2D eigenvalue weighted by Crippen LogP contribution is -2.47. The van der Waals surface area contributed by atoms with Crippen molar-refractivity contribution in [3.63, 3.8) is 0 Å². The number of rotatable bonds is 7. The van der Waals surface area contributed by atoms with Gasteiger partial charge in [-0.25, -0.2) is 8.78 Å². The third kappa shape index (κ3) is 4.48. The van der Waals surface area contributed by atoms with E-state index in [4.69, 9.17) is 15.6 Å². The maximum Gasteiger partial charge on any atom is 0.323 e. The van der Waals surface area contributed by atoms with Crippen LogP contribution in [0.3, 0.4) is 0 Å². The van der Waals surface area contributed by atoms with Crippen LogP contribution in [0.5, 0.6) is 5.75 Å². The molecular formula is C13H17F2NO3. The molecule has 6 heteroatoms. The van der Waals surface area contributed by atoms with Gasteiger partial charge in [-0.3, -0.25) is 4.79 Å². The Hall–Kier alpha value is -1.69. The van der Waals surface area contributed by atoms with Crippen LogP contribution in [0.4, 0.5) is 8.78 Å². The molecule has 0 heterocycles. The van der Waals surface area contributed by atoms with Crippen molar-refractivity contribution in [2.24, 2.45) is 5.73 Å². The summed E-state index contributed by atoms with van der Waals surface area (Å²) >= 11 is 0. The summed E-state index contributed by atoms with van der Waals surface area (Å²) in [7, 11) is 0. The molecule has 0 aliphatic carbocycles. The molecule has 0 spiro atoms. The van der Waals surface area contributed by atoms with Gasteiger partial charge >= 0.3 is 5.97 Å². The second kappa shape index (κ2) is 6.47. The Balaban J connectivity index is 2.44. The first-order valence-electron chi connectivity index (χ1n) is 5.98. The maximum absolute atomic E-state index is 12.9. The predicted molar refractivity (Wildman–Crippen MR) is 65.9 cm³/mol. The number of ether oxygens (including phenoxy) is 1. The highest BCUT2D eigenvalue weighted by atomic mass is 19.1. The van der Waals surface area contributed by atoms with Crippen LogP contribution in [-0.4, -0.2) is 23.2 Å². The van der Waals surface area contributed by atoms with E-state index in [-0.39, 0.29) is 18.8 Å². The van der Waals surface area contributed by atoms with E-state index < -0.39 is 23.1 Å². The minimum Gasteiger partial charge on any atom is -0.493 e. The van der Waals surface area contributed by atoms with Crippen molar-refractivity contribution >= 4 is 5.97 Å². The third-order valence-electron chi connectivity index (χ3n) is 2.93. The molecule has 1 rings (SSSR count). The fourth-order valence-corrected chi connectivity index (χ4v) is 1.62. The number of carboxylic acids is 1. The van der Waals surface area contributed by atoms with Crippen LogP contribution < -0.4 is 10.5 Å². The number of carboxylic acid groups (broad SMARTS) is 1. The Kier molecular flexibility index (Phi) is 5.23. The van der Waals surface area contributed by atoms with E-state index in [1.54, 1.807) is 6.92 Å². The quantitative estimate of drug-likeness (QED) is 0.748. The number of carbonyl (C=O) groups is 1. The minimum atomic E-state index is -1.28. The van der Waals surface area contributed by atoms with Crippen molar-refractivity contribution < 1.29 is 23.4 Å². The van der Waals surface area contributed by atoms with E-state index in [0.717, 1.165) is 18.2 Å². The fourth-order valence-electron chi connectivity index (χ4n) is 1.62. The molecule has 0 saturated heterocycles. The van der Waals surface area contributed by atoms with Gasteiger partial charge in [0.25, 0.3) is 0 Å². The van der Waals surface area contributed by atoms with E-state index >= 15 is 0 Å². The summed E-state index contributed by atoms with van der Waals surface area (Å²) < 4.78 is 30.9. The molecule has 1 aromatic carbocycles. The second-order valence-electron chi connectivity index (χ2n) is 4.37. The van der Waals surface area contributed by atoms with Crippen LogP contribution in [0, 0.1) is 11.6 Å². The Morgan fingerprint density at radius 2 is 1.95 bits per heavy atom. The molecule has 0 aliphatic rings. The van der Waals surface area contributed by atoms with Gasteiger partial charge in [-0.05, 0) is 19.3 Å². The number of hydrogen-bond donors (Lipinski definition) is 2. The highest BCUT2D eigenvalue weighted by Crippen LogP contribution is 2.18. The highest BCUT2D eigenvalue weighted by molar-refractivity contribution is 5.78. The molecule has 0 fully saturated rings. The summed E-state index contributed by atoms with van der Waals surface area (Å²) in [5.74, 6) is -2.43. The van der Waals surface area contributed by atoms with Gasteiger partial charge in [-0.1, -0.05) is 6.92 Å². The fraction of sp³-hybridized carbons (Fsp3) is 0.462. The zero-order chi connectivity index (χ0) is 14.5. The van der Waals surface area contributed by atoms with Gasteiger partial charge in [-0.15, -0.1) is 0 Å². The molecule has 0 saturated carbocycles. The first-order valence-corrected chi connectivity index (χ1v) is 5.98. The standard InChI is InChI=1S/C13H17F2NO3/c1-2-13(16,12(17)18)4-3-5-19-11-7-9(14)6-10(15)8-11/h6-8H,2-5,16H2,1H3,(H,17,18). The number of aliphatic carboxylic acids is 1. The summed E-state index contributed by atoms with van der Waals surface area (Å²) in [5.41, 5.74) is 4.41. The zero-order valence-electron chi connectivity index (χ0n) is 10.7. The zero-order valence-corrected chi connectivity index (χ0v) is 10.7. The van der Waals surface area contributed by atoms with Crippen molar-refractivity contribution in [3.8, 4) is 5.75 Å². The van der Waals surface area contributed by atoms with Crippen molar-refractivity contribution in [1.29, 1.82) is 0 Å². The Labute approximate surface area is 110 Å². The Morgan fingerprint density at radius 1 is 1.37 bits per heavy atom. The van der Waals surface area contributed by atoms with E-state index in [1.807, 2.05) is 0 Å². The number of hydrogen-bond acceptors (Lipinski definition) is 3. The van der Waals surface area contributed by atoms with Crippen LogP contribution in [0.2, 0.25) is 0 Å². The molecule has 19 heavy (non-hydrogen) atoms. The summed E-state index contributed by atoms with van der Waals surface area (Å²) in [5, 5.41) is 8.96. The molecule has 1 aromatic rings. The van der Waals surface area contributed by atoms with Gasteiger partial charge in [0.1, 0.15) is 22.9 Å². The van der Waals surface area contributed by atoms with Crippen molar-refractivity contribution in [2.75, 3.05) is 6.61 Å². The smallest absolute Gasteiger partial charge is 0.323 e. The summed E-state index contributed by atoms with van der Waals surface area (Å²) in [4.78, 5) is 10.9. The lowest BCUT2D eigenvalue weighted by atomic mass is 9.92. The van der Waals surface area contributed by atoms with Gasteiger partial charge in [0.15, 0.2) is 0 Å². The molecule has 0 amide bonds. The highest BCUT2D eigenvalue weighted by Gasteiger charge is 2.30. The van der Waals surface area contributed by atoms with Crippen molar-refractivity contribution in [1.82, 2.24) is 0 Å². The van der Waals surface area contributed by atoms with Crippen LogP contribution in [0.15, 0.2) is 18.2 Å². The monoisotopic (exact) mass is 273 g/mol. The van der Waals surface area contributed by atoms with Crippen molar-refractivity contribution in [2.45, 2.75) is 31.7 Å². The predicted octanol–water partition coefficient (Wildman–Crippen LogP) is 2.32. The molecular weight excluding hydrogens is 256 g/mol. The number of halogens is 2. The SMILES string of the molecule is CCC(N)(CCCOc1cc(F)cc(F)c1)C(=O)O. The first-order chi connectivity index (χ1) is 8.87. The number of nitrogens with two attached hydrogens (primary N) is 1. The lowest BCUT2D eigenvalue weighted by molar-refractivity contribution is -0.143. The number of benzene rings is 1. The minimum absolute atomic E-state index is 0.0759. The van der Waals surface area contributed by atoms with Crippen LogP contribution in [0.25, 0.3) is 0 Å². The molecule has 0 bridgehead atoms. The van der Waals surface area contributed by atoms with Gasteiger partial charge in [-0.2, -0.15) is 0 Å². The summed E-state index contributed by atoms with van der Waals surface area (Å²) in [6, 6.07) is 2.88. The maximum atomic E-state index is 12.9. The molecule has 1 atom stereocenters. The van der Waals surface area contributed by atoms with E-state index in [2.05, 4.69) is 0 Å². The molecule has 4 nitrogen and oxygen atoms in total. The van der Waals surface area contributed by atoms with E-state index in [1.165, 1.54) is 0 Å². The average Bonchev–Trinajstić information content (AvgIpc) is 2.33. The topological polar surface area (TPSA) is 72.5 Å².